The van der Waals surface area contributed by atoms with Crippen LogP contribution in [-0.4, -0.2) is 29.1 Å². The van der Waals surface area contributed by atoms with E-state index in [0.717, 1.165) is 5.56 Å². The molecular weight excluding hydrogens is 548 g/mol. The molecule has 3 rings (SSSR count). The van der Waals surface area contributed by atoms with Crippen molar-refractivity contribution in [1.29, 1.82) is 0 Å². The molecule has 150 valence electrons. The third kappa shape index (κ3) is 4.05. The molecule has 0 radical (unpaired) electrons. The van der Waals surface area contributed by atoms with Gasteiger partial charge in [0.25, 0.3) is 11.8 Å². The van der Waals surface area contributed by atoms with E-state index in [9.17, 15) is 14.7 Å². The van der Waals surface area contributed by atoms with Gasteiger partial charge < -0.3 is 9.84 Å². The first-order valence-corrected chi connectivity index (χ1v) is 10.5. The first-order chi connectivity index (χ1) is 13.6. The third-order valence-corrected chi connectivity index (χ3v) is 7.06. The summed E-state index contributed by atoms with van der Waals surface area (Å²) in [6.45, 7) is 1.84. The summed E-state index contributed by atoms with van der Waals surface area (Å²) >= 11 is 18.0. The van der Waals surface area contributed by atoms with Crippen molar-refractivity contribution in [1.82, 2.24) is 5.32 Å². The number of amides is 2. The molecule has 1 fully saturated rings. The lowest BCUT2D eigenvalue weighted by atomic mass is 10.1. The fraction of sp³-hybridized carbons (Fsp3) is 0.105. The number of hydrogen-bond donors (Lipinski definition) is 2. The highest BCUT2D eigenvalue weighted by molar-refractivity contribution is 9.13. The minimum Gasteiger partial charge on any atom is -0.503 e. The summed E-state index contributed by atoms with van der Waals surface area (Å²) in [5.41, 5.74) is 1.58. The molecule has 0 bridgehead atoms. The lowest BCUT2D eigenvalue weighted by Crippen LogP contribution is -2.54. The van der Waals surface area contributed by atoms with Crippen LogP contribution in [-0.2, 0) is 9.59 Å². The number of nitrogens with zero attached hydrogens (tertiary/aromatic N) is 1. The number of ether oxygens (including phenoxy) is 1. The topological polar surface area (TPSA) is 78.9 Å². The number of rotatable bonds is 3. The Kier molecular flexibility index (Phi) is 6.33. The van der Waals surface area contributed by atoms with Crippen LogP contribution >= 0.6 is 55.7 Å². The van der Waals surface area contributed by atoms with Crippen molar-refractivity contribution < 1.29 is 19.4 Å². The first-order valence-electron chi connectivity index (χ1n) is 8.08. The number of carbonyl (C=O) groups is 2. The largest absolute Gasteiger partial charge is 0.503 e. The lowest BCUT2D eigenvalue weighted by molar-refractivity contribution is -0.122. The molecule has 2 N–H and O–H groups in total. The number of phenols is 1. The number of aryl methyl sites for hydroxylation is 1. The summed E-state index contributed by atoms with van der Waals surface area (Å²) < 4.78 is 5.91. The second kappa shape index (κ2) is 8.43. The van der Waals surface area contributed by atoms with Gasteiger partial charge >= 0.3 is 0 Å². The standard InChI is InChI=1S/C19H13Br2ClN2O4S/c1-8-3-4-10(7-12(8)22)24-18(27)11(17(26)23-19(24)29)5-9-6-13(28-2)16(25)15(21)14(9)20/h3-7,25H,1-2H3,(H,23,26,29)/b11-5+. The van der Waals surface area contributed by atoms with E-state index in [-0.39, 0.29) is 22.2 Å². The Balaban J connectivity index is 2.11. The molecule has 29 heavy (non-hydrogen) atoms. The van der Waals surface area contributed by atoms with E-state index in [2.05, 4.69) is 37.2 Å². The molecule has 0 aromatic heterocycles. The maximum absolute atomic E-state index is 13.1. The van der Waals surface area contributed by atoms with Crippen LogP contribution in [0.15, 0.2) is 38.8 Å². The zero-order chi connectivity index (χ0) is 21.5. The number of halogens is 3. The predicted octanol–water partition coefficient (Wildman–Crippen LogP) is 4.72. The molecule has 1 saturated heterocycles. The summed E-state index contributed by atoms with van der Waals surface area (Å²) in [6, 6.07) is 6.55. The van der Waals surface area contributed by atoms with Crippen molar-refractivity contribution in [3.05, 3.63) is 54.9 Å². The highest BCUT2D eigenvalue weighted by atomic mass is 79.9. The second-order valence-electron chi connectivity index (χ2n) is 6.04. The van der Waals surface area contributed by atoms with E-state index >= 15 is 0 Å². The molecule has 0 aliphatic carbocycles. The molecule has 1 aliphatic heterocycles. The summed E-state index contributed by atoms with van der Waals surface area (Å²) in [6.07, 6.45) is 1.39. The number of nitrogens with one attached hydrogen (secondary N) is 1. The highest BCUT2D eigenvalue weighted by Crippen LogP contribution is 2.42. The van der Waals surface area contributed by atoms with Crippen molar-refractivity contribution in [2.45, 2.75) is 6.92 Å². The quantitative estimate of drug-likeness (QED) is 0.323. The number of hydrogen-bond acceptors (Lipinski definition) is 5. The Bertz CT molecular complexity index is 1100. The number of thiocarbonyl (C=S) groups is 1. The van der Waals surface area contributed by atoms with E-state index in [1.54, 1.807) is 18.2 Å². The van der Waals surface area contributed by atoms with Crippen molar-refractivity contribution in [2.24, 2.45) is 0 Å². The van der Waals surface area contributed by atoms with E-state index < -0.39 is 11.8 Å². The van der Waals surface area contributed by atoms with Crippen LogP contribution in [0.4, 0.5) is 5.69 Å². The molecular formula is C19H13Br2ClN2O4S. The van der Waals surface area contributed by atoms with E-state index in [4.69, 9.17) is 28.6 Å². The molecule has 2 aromatic carbocycles. The Hall–Kier alpha value is -1.94. The number of methoxy groups -OCH3 is 1. The summed E-state index contributed by atoms with van der Waals surface area (Å²) in [4.78, 5) is 26.8. The van der Waals surface area contributed by atoms with Crippen LogP contribution in [0.25, 0.3) is 6.08 Å². The van der Waals surface area contributed by atoms with E-state index in [1.165, 1.54) is 24.2 Å². The van der Waals surface area contributed by atoms with Crippen LogP contribution in [0, 0.1) is 6.92 Å². The average molecular weight is 561 g/mol. The van der Waals surface area contributed by atoms with Gasteiger partial charge in [0.1, 0.15) is 5.57 Å². The van der Waals surface area contributed by atoms with Crippen molar-refractivity contribution in [3.63, 3.8) is 0 Å². The highest BCUT2D eigenvalue weighted by Gasteiger charge is 2.35. The maximum atomic E-state index is 13.1. The summed E-state index contributed by atoms with van der Waals surface area (Å²) in [7, 11) is 1.39. The molecule has 10 heteroatoms. The molecule has 2 amide bonds. The van der Waals surface area contributed by atoms with Crippen molar-refractivity contribution >= 4 is 84.4 Å². The molecule has 0 saturated carbocycles. The van der Waals surface area contributed by atoms with E-state index in [1.807, 2.05) is 6.92 Å². The number of anilines is 1. The van der Waals surface area contributed by atoms with Gasteiger partial charge in [-0.15, -0.1) is 0 Å². The Morgan fingerprint density at radius 2 is 1.93 bits per heavy atom. The smallest absolute Gasteiger partial charge is 0.270 e. The maximum Gasteiger partial charge on any atom is 0.270 e. The van der Waals surface area contributed by atoms with Gasteiger partial charge in [0, 0.05) is 9.50 Å². The van der Waals surface area contributed by atoms with Gasteiger partial charge in [-0.25, -0.2) is 0 Å². The fourth-order valence-electron chi connectivity index (χ4n) is 2.64. The van der Waals surface area contributed by atoms with Gasteiger partial charge in [-0.3, -0.25) is 19.8 Å². The molecule has 0 atom stereocenters. The molecule has 1 aliphatic rings. The monoisotopic (exact) mass is 558 g/mol. The predicted molar refractivity (Wildman–Crippen MR) is 122 cm³/mol. The molecule has 1 heterocycles. The lowest BCUT2D eigenvalue weighted by Gasteiger charge is -2.29. The van der Waals surface area contributed by atoms with E-state index in [0.29, 0.717) is 25.2 Å². The third-order valence-electron chi connectivity index (χ3n) is 4.21. The zero-order valence-corrected chi connectivity index (χ0v) is 19.8. The first kappa shape index (κ1) is 21.8. The van der Waals surface area contributed by atoms with Gasteiger partial charge in [-0.1, -0.05) is 17.7 Å². The molecule has 2 aromatic rings. The average Bonchev–Trinajstić information content (AvgIpc) is 2.67. The zero-order valence-electron chi connectivity index (χ0n) is 15.0. The minimum atomic E-state index is -0.635. The van der Waals surface area contributed by atoms with Crippen LogP contribution < -0.4 is 15.0 Å². The SMILES string of the molecule is COc1cc(/C=C2\C(=O)NC(=S)N(c3ccc(C)c(Cl)c3)C2=O)c(Br)c(Br)c1O. The summed E-state index contributed by atoms with van der Waals surface area (Å²) in [5, 5.41) is 13.0. The fourth-order valence-corrected chi connectivity index (χ4v) is 3.94. The van der Waals surface area contributed by atoms with Gasteiger partial charge in [0.15, 0.2) is 16.6 Å². The number of benzene rings is 2. The molecule has 6 nitrogen and oxygen atoms in total. The number of carbonyl (C=O) groups excluding carboxylic acids is 2. The summed E-state index contributed by atoms with van der Waals surface area (Å²) in [5.74, 6) is -1.18. The van der Waals surface area contributed by atoms with Crippen LogP contribution in [0.1, 0.15) is 11.1 Å². The van der Waals surface area contributed by atoms with Crippen LogP contribution in [0.2, 0.25) is 5.02 Å². The molecule has 0 spiro atoms. The van der Waals surface area contributed by atoms with Gasteiger partial charge in [-0.2, -0.15) is 0 Å². The van der Waals surface area contributed by atoms with Gasteiger partial charge in [0.05, 0.1) is 17.3 Å². The molecule has 0 unspecified atom stereocenters. The van der Waals surface area contributed by atoms with Gasteiger partial charge in [0.2, 0.25) is 0 Å². The van der Waals surface area contributed by atoms with Crippen LogP contribution in [0.5, 0.6) is 11.5 Å². The Labute approximate surface area is 193 Å². The van der Waals surface area contributed by atoms with Crippen LogP contribution in [0.3, 0.4) is 0 Å². The van der Waals surface area contributed by atoms with Crippen molar-refractivity contribution in [3.8, 4) is 11.5 Å². The Morgan fingerprint density at radius 1 is 1.24 bits per heavy atom. The normalized spacial score (nSPS) is 15.7. The van der Waals surface area contributed by atoms with Gasteiger partial charge in [-0.05, 0) is 86.4 Å². The number of phenolic OH excluding ortho intramolecular Hbond substituents is 1. The van der Waals surface area contributed by atoms with Crippen molar-refractivity contribution in [2.75, 3.05) is 12.0 Å². The Morgan fingerprint density at radius 3 is 2.55 bits per heavy atom. The minimum absolute atomic E-state index is 0.0411. The number of aromatic hydroxyl groups is 1. The second-order valence-corrected chi connectivity index (χ2v) is 8.42.